The van der Waals surface area contributed by atoms with Gasteiger partial charge in [0.05, 0.1) is 0 Å². The molecule has 0 aliphatic rings. The van der Waals surface area contributed by atoms with E-state index in [9.17, 15) is 14.0 Å². The molecule has 3 aromatic carbocycles. The van der Waals surface area contributed by atoms with Crippen molar-refractivity contribution in [1.29, 1.82) is 0 Å². The van der Waals surface area contributed by atoms with Gasteiger partial charge in [-0.15, -0.1) is 0 Å². The number of carbonyl (C=O) groups excluding carboxylic acids is 2. The topological polar surface area (TPSA) is 88.8 Å². The van der Waals surface area contributed by atoms with Crippen LogP contribution in [0.1, 0.15) is 46.9 Å². The minimum atomic E-state index is -0.522. The summed E-state index contributed by atoms with van der Waals surface area (Å²) in [6.45, 7) is 3.90. The molecule has 3 aromatic rings. The van der Waals surface area contributed by atoms with E-state index in [1.807, 2.05) is 23.5 Å². The zero-order chi connectivity index (χ0) is 22.4. The van der Waals surface area contributed by atoms with E-state index in [2.05, 4.69) is 24.4 Å². The first-order chi connectivity index (χ1) is 14.9. The minimum absolute atomic E-state index is 0.196. The van der Waals surface area contributed by atoms with E-state index >= 15 is 0 Å². The summed E-state index contributed by atoms with van der Waals surface area (Å²) < 4.78 is 13.9. The molecule has 5 N–H and O–H groups in total. The van der Waals surface area contributed by atoms with Crippen molar-refractivity contribution in [2.24, 2.45) is 5.73 Å². The van der Waals surface area contributed by atoms with Gasteiger partial charge < -0.3 is 16.4 Å². The largest absolute Gasteiger partial charge is 0.366 e. The van der Waals surface area contributed by atoms with E-state index < -0.39 is 11.9 Å². The second-order valence-corrected chi connectivity index (χ2v) is 7.54. The third-order valence-corrected chi connectivity index (χ3v) is 5.29. The van der Waals surface area contributed by atoms with Crippen LogP contribution < -0.4 is 16.4 Å². The van der Waals surface area contributed by atoms with Gasteiger partial charge in [0.2, 0.25) is 5.91 Å². The fraction of sp³-hybridized carbons (Fsp3) is 0.200. The molecule has 0 saturated carbocycles. The summed E-state index contributed by atoms with van der Waals surface area (Å²) in [5.74, 6) is -1.03. The third-order valence-electron chi connectivity index (χ3n) is 5.29. The maximum Gasteiger partial charge on any atom is 0.282 e. The van der Waals surface area contributed by atoms with Crippen LogP contribution in [-0.4, -0.2) is 17.9 Å². The average Bonchev–Trinajstić information content (AvgIpc) is 2.77. The predicted molar refractivity (Wildman–Crippen MR) is 119 cm³/mol. The summed E-state index contributed by atoms with van der Waals surface area (Å²) in [6.07, 6.45) is 0.933. The number of halogens is 1. The highest BCUT2D eigenvalue weighted by atomic mass is 19.1. The van der Waals surface area contributed by atoms with Crippen molar-refractivity contribution in [2.75, 3.05) is 5.32 Å². The highest BCUT2D eigenvalue weighted by Crippen LogP contribution is 2.20. The number of carbonyl (C=O) groups is 2. The Morgan fingerprint density at radius 1 is 1.00 bits per heavy atom. The SMILES string of the molecule is CCc1ccc([C@@H]([NH2+][C@H](C)C(=O)Nc2ccc(C(N)=O)cc2)c2cccc(F)c2)cc1. The molecule has 0 aliphatic heterocycles. The number of quaternary nitrogens is 1. The van der Waals surface area contributed by atoms with Gasteiger partial charge in [-0.2, -0.15) is 0 Å². The van der Waals surface area contributed by atoms with E-state index in [1.165, 1.54) is 17.7 Å². The van der Waals surface area contributed by atoms with Gasteiger partial charge in [0, 0.05) is 22.4 Å². The molecule has 0 saturated heterocycles. The number of primary amides is 1. The molecule has 0 unspecified atom stereocenters. The maximum atomic E-state index is 13.9. The number of hydrogen-bond acceptors (Lipinski definition) is 2. The fourth-order valence-electron chi connectivity index (χ4n) is 3.43. The summed E-state index contributed by atoms with van der Waals surface area (Å²) in [4.78, 5) is 24.0. The Kier molecular flexibility index (Phi) is 7.15. The highest BCUT2D eigenvalue weighted by molar-refractivity contribution is 5.95. The minimum Gasteiger partial charge on any atom is -0.366 e. The van der Waals surface area contributed by atoms with Crippen molar-refractivity contribution in [3.05, 3.63) is 101 Å². The van der Waals surface area contributed by atoms with Crippen LogP contribution in [-0.2, 0) is 11.2 Å². The second kappa shape index (κ2) is 10.00. The molecule has 0 radical (unpaired) electrons. The number of nitrogens with one attached hydrogen (secondary N) is 1. The molecule has 160 valence electrons. The Morgan fingerprint density at radius 2 is 1.68 bits per heavy atom. The van der Waals surface area contributed by atoms with Crippen LogP contribution in [0, 0.1) is 5.82 Å². The van der Waals surface area contributed by atoms with Crippen LogP contribution in [0.4, 0.5) is 10.1 Å². The second-order valence-electron chi connectivity index (χ2n) is 7.54. The molecular weight excluding hydrogens is 393 g/mol. The number of anilines is 1. The van der Waals surface area contributed by atoms with Gasteiger partial charge in [0.1, 0.15) is 11.9 Å². The lowest BCUT2D eigenvalue weighted by atomic mass is 9.96. The molecule has 0 bridgehead atoms. The lowest BCUT2D eigenvalue weighted by molar-refractivity contribution is -0.704. The Labute approximate surface area is 181 Å². The smallest absolute Gasteiger partial charge is 0.282 e. The van der Waals surface area contributed by atoms with Crippen molar-refractivity contribution >= 4 is 17.5 Å². The first kappa shape index (κ1) is 22.2. The first-order valence-electron chi connectivity index (χ1n) is 10.3. The van der Waals surface area contributed by atoms with Crippen LogP contribution >= 0.6 is 0 Å². The normalized spacial score (nSPS) is 12.7. The number of nitrogens with two attached hydrogens (primary N) is 2. The van der Waals surface area contributed by atoms with Crippen LogP contribution in [0.3, 0.4) is 0 Å². The average molecular weight is 421 g/mol. The third kappa shape index (κ3) is 5.77. The van der Waals surface area contributed by atoms with E-state index in [4.69, 9.17) is 5.73 Å². The summed E-state index contributed by atoms with van der Waals surface area (Å²) in [5, 5.41) is 4.77. The number of benzene rings is 3. The highest BCUT2D eigenvalue weighted by Gasteiger charge is 2.25. The van der Waals surface area contributed by atoms with Gasteiger partial charge in [-0.05, 0) is 55.3 Å². The van der Waals surface area contributed by atoms with Gasteiger partial charge in [-0.1, -0.05) is 43.3 Å². The first-order valence-corrected chi connectivity index (χ1v) is 10.3. The van der Waals surface area contributed by atoms with E-state index in [0.29, 0.717) is 11.3 Å². The Morgan fingerprint density at radius 3 is 2.26 bits per heavy atom. The number of amides is 2. The maximum absolute atomic E-state index is 13.9. The van der Waals surface area contributed by atoms with E-state index in [-0.39, 0.29) is 17.8 Å². The van der Waals surface area contributed by atoms with Gasteiger partial charge >= 0.3 is 0 Å². The van der Waals surface area contributed by atoms with Crippen molar-refractivity contribution in [2.45, 2.75) is 32.4 Å². The summed E-state index contributed by atoms with van der Waals surface area (Å²) in [7, 11) is 0. The van der Waals surface area contributed by atoms with Crippen LogP contribution in [0.25, 0.3) is 0 Å². The zero-order valence-electron chi connectivity index (χ0n) is 17.6. The number of hydrogen-bond donors (Lipinski definition) is 3. The standard InChI is InChI=1S/C25H26FN3O2/c1-3-17-7-9-18(10-8-17)23(20-5-4-6-21(26)15-20)28-16(2)25(31)29-22-13-11-19(12-14-22)24(27)30/h4-16,23,28H,3H2,1-2H3,(H2,27,30)(H,29,31)/p+1/t16-,23-/m1/s1. The van der Waals surface area contributed by atoms with Gasteiger partial charge in [-0.25, -0.2) is 4.39 Å². The number of rotatable bonds is 8. The Balaban J connectivity index is 1.79. The van der Waals surface area contributed by atoms with E-state index in [0.717, 1.165) is 17.5 Å². The molecule has 0 aromatic heterocycles. The zero-order valence-corrected chi connectivity index (χ0v) is 17.6. The predicted octanol–water partition coefficient (Wildman–Crippen LogP) is 3.17. The van der Waals surface area contributed by atoms with Crippen molar-refractivity contribution < 1.29 is 19.3 Å². The van der Waals surface area contributed by atoms with Gasteiger partial charge in [0.15, 0.2) is 6.04 Å². The summed E-state index contributed by atoms with van der Waals surface area (Å²) in [6, 6.07) is 20.3. The molecule has 0 aliphatic carbocycles. The van der Waals surface area contributed by atoms with E-state index in [1.54, 1.807) is 37.3 Å². The molecule has 5 nitrogen and oxygen atoms in total. The van der Waals surface area contributed by atoms with Gasteiger partial charge in [-0.3, -0.25) is 9.59 Å². The van der Waals surface area contributed by atoms with Crippen LogP contribution in [0.15, 0.2) is 72.8 Å². The lowest BCUT2D eigenvalue weighted by Crippen LogP contribution is -2.92. The molecule has 31 heavy (non-hydrogen) atoms. The Hall–Kier alpha value is -3.51. The molecule has 6 heteroatoms. The quantitative estimate of drug-likeness (QED) is 0.523. The van der Waals surface area contributed by atoms with Crippen molar-refractivity contribution in [3.63, 3.8) is 0 Å². The molecular formula is C25H27FN3O2+. The monoisotopic (exact) mass is 420 g/mol. The number of aryl methyl sites for hydroxylation is 1. The molecule has 0 fully saturated rings. The molecule has 3 rings (SSSR count). The molecule has 0 spiro atoms. The molecule has 2 amide bonds. The summed E-state index contributed by atoms with van der Waals surface area (Å²) in [5.41, 5.74) is 9.19. The van der Waals surface area contributed by atoms with Crippen LogP contribution in [0.5, 0.6) is 0 Å². The van der Waals surface area contributed by atoms with Crippen molar-refractivity contribution in [3.8, 4) is 0 Å². The lowest BCUT2D eigenvalue weighted by Gasteiger charge is -2.21. The summed E-state index contributed by atoms with van der Waals surface area (Å²) >= 11 is 0. The fourth-order valence-corrected chi connectivity index (χ4v) is 3.43. The Bertz CT molecular complexity index is 1050. The van der Waals surface area contributed by atoms with Crippen LogP contribution in [0.2, 0.25) is 0 Å². The molecule has 0 heterocycles. The van der Waals surface area contributed by atoms with Crippen molar-refractivity contribution in [1.82, 2.24) is 0 Å². The van der Waals surface area contributed by atoms with Gasteiger partial charge in [0.25, 0.3) is 5.91 Å². The molecule has 2 atom stereocenters.